The third-order valence-electron chi connectivity index (χ3n) is 5.57. The van der Waals surface area contributed by atoms with Crippen LogP contribution in [0.4, 0.5) is 13.2 Å². The second-order valence-corrected chi connectivity index (χ2v) is 5.97. The molecule has 5 rings (SSSR count). The molecule has 2 fully saturated rings. The Labute approximate surface area is 108 Å². The van der Waals surface area contributed by atoms with Crippen LogP contribution in [0.1, 0.15) is 12.8 Å². The molecule has 5 aliphatic rings. The van der Waals surface area contributed by atoms with Crippen molar-refractivity contribution in [2.45, 2.75) is 19.2 Å². The highest BCUT2D eigenvalue weighted by Gasteiger charge is 2.91. The minimum absolute atomic E-state index is 0.0822. The zero-order chi connectivity index (χ0) is 13.5. The Bertz CT molecular complexity index is 517. The first-order valence-corrected chi connectivity index (χ1v) is 6.37. The number of aliphatic hydroxyl groups is 1. The fourth-order valence-electron chi connectivity index (χ4n) is 5.12. The van der Waals surface area contributed by atoms with Gasteiger partial charge in [-0.2, -0.15) is 0 Å². The summed E-state index contributed by atoms with van der Waals surface area (Å²) in [6.45, 7) is -0.309. The van der Waals surface area contributed by atoms with Crippen molar-refractivity contribution in [1.29, 1.82) is 0 Å². The number of ether oxygens (including phenoxy) is 1. The summed E-state index contributed by atoms with van der Waals surface area (Å²) in [4.78, 5) is 0. The smallest absolute Gasteiger partial charge is 0.410 e. The van der Waals surface area contributed by atoms with Crippen LogP contribution < -0.4 is 0 Å². The molecule has 2 unspecified atom stereocenters. The molecule has 2 nitrogen and oxygen atoms in total. The van der Waals surface area contributed by atoms with E-state index in [0.717, 1.165) is 12.8 Å². The quantitative estimate of drug-likeness (QED) is 0.836. The van der Waals surface area contributed by atoms with Crippen molar-refractivity contribution in [2.24, 2.45) is 22.2 Å². The van der Waals surface area contributed by atoms with E-state index >= 15 is 0 Å². The highest BCUT2D eigenvalue weighted by molar-refractivity contribution is 5.57. The molecule has 0 aliphatic heterocycles. The second-order valence-electron chi connectivity index (χ2n) is 5.97. The molecule has 4 bridgehead atoms. The van der Waals surface area contributed by atoms with Gasteiger partial charge in [-0.3, -0.25) is 0 Å². The summed E-state index contributed by atoms with van der Waals surface area (Å²) in [5.74, 6) is 0.0272. The summed E-state index contributed by atoms with van der Waals surface area (Å²) in [6.07, 6.45) is 6.16. The maximum absolute atomic E-state index is 12.6. The number of alkyl halides is 3. The maximum atomic E-state index is 12.6. The molecule has 0 aromatic rings. The van der Waals surface area contributed by atoms with E-state index < -0.39 is 11.8 Å². The van der Waals surface area contributed by atoms with Crippen LogP contribution in [-0.2, 0) is 4.74 Å². The van der Waals surface area contributed by atoms with Gasteiger partial charge in [0, 0.05) is 10.8 Å². The van der Waals surface area contributed by atoms with Crippen molar-refractivity contribution in [3.63, 3.8) is 0 Å². The van der Waals surface area contributed by atoms with Crippen molar-refractivity contribution in [3.8, 4) is 0 Å². The first-order chi connectivity index (χ1) is 8.91. The zero-order valence-corrected chi connectivity index (χ0v) is 10.1. The zero-order valence-electron chi connectivity index (χ0n) is 10.1. The Morgan fingerprint density at radius 1 is 1.21 bits per heavy atom. The van der Waals surface area contributed by atoms with E-state index in [2.05, 4.69) is 4.74 Å². The highest BCUT2D eigenvalue weighted by Crippen LogP contribution is 2.92. The van der Waals surface area contributed by atoms with Crippen molar-refractivity contribution >= 4 is 0 Å². The minimum Gasteiger partial charge on any atom is -0.410 e. The third-order valence-corrected chi connectivity index (χ3v) is 5.57. The molecule has 19 heavy (non-hydrogen) atoms. The normalized spacial score (nSPS) is 48.8. The average Bonchev–Trinajstić information content (AvgIpc) is 2.69. The van der Waals surface area contributed by atoms with Gasteiger partial charge in [0.05, 0.1) is 12.0 Å². The summed E-state index contributed by atoms with van der Waals surface area (Å²) >= 11 is 0. The number of hydrogen-bond acceptors (Lipinski definition) is 2. The molecule has 0 amide bonds. The van der Waals surface area contributed by atoms with E-state index in [-0.39, 0.29) is 29.1 Å². The predicted octanol–water partition coefficient (Wildman–Crippen LogP) is 2.92. The van der Waals surface area contributed by atoms with Crippen molar-refractivity contribution < 1.29 is 23.0 Å². The molecule has 0 radical (unpaired) electrons. The van der Waals surface area contributed by atoms with E-state index in [1.54, 1.807) is 6.08 Å². The van der Waals surface area contributed by atoms with Gasteiger partial charge in [-0.15, -0.1) is 13.2 Å². The lowest BCUT2D eigenvalue weighted by Gasteiger charge is -2.34. The van der Waals surface area contributed by atoms with Crippen LogP contribution in [0.5, 0.6) is 0 Å². The SMILES string of the molecule is OCC12C(OC(F)(F)F)=CC3CC14C=CC=CC42C3. The third kappa shape index (κ3) is 0.991. The van der Waals surface area contributed by atoms with Gasteiger partial charge in [-0.05, 0) is 24.8 Å². The molecule has 102 valence electrons. The van der Waals surface area contributed by atoms with E-state index in [1.807, 2.05) is 24.3 Å². The van der Waals surface area contributed by atoms with Crippen molar-refractivity contribution in [3.05, 3.63) is 36.1 Å². The lowest BCUT2D eigenvalue weighted by molar-refractivity contribution is -0.312. The minimum atomic E-state index is -4.70. The molecule has 2 atom stereocenters. The molecule has 2 saturated carbocycles. The fourth-order valence-corrected chi connectivity index (χ4v) is 5.12. The molecule has 0 saturated heterocycles. The lowest BCUT2D eigenvalue weighted by Crippen LogP contribution is -2.33. The molecule has 5 aliphatic carbocycles. The number of allylic oxidation sites excluding steroid dienone is 5. The standard InChI is InChI=1S/C14H13F3O2/c15-14(16,17)19-10-5-9-6-11-3-1-2-4-12(11,7-9)13(10,11)8-18/h1-5,9,18H,6-8H2. The Morgan fingerprint density at radius 2 is 1.79 bits per heavy atom. The van der Waals surface area contributed by atoms with Crippen LogP contribution in [-0.4, -0.2) is 18.1 Å². The predicted molar refractivity (Wildman–Crippen MR) is 60.6 cm³/mol. The van der Waals surface area contributed by atoms with Gasteiger partial charge in [-0.1, -0.05) is 24.3 Å². The van der Waals surface area contributed by atoms with Gasteiger partial charge >= 0.3 is 6.36 Å². The summed E-state index contributed by atoms with van der Waals surface area (Å²) in [5, 5.41) is 9.82. The van der Waals surface area contributed by atoms with Gasteiger partial charge in [0.1, 0.15) is 5.76 Å². The van der Waals surface area contributed by atoms with Gasteiger partial charge < -0.3 is 9.84 Å². The van der Waals surface area contributed by atoms with Crippen LogP contribution in [0.15, 0.2) is 36.1 Å². The van der Waals surface area contributed by atoms with Crippen molar-refractivity contribution in [1.82, 2.24) is 0 Å². The molecule has 0 heterocycles. The molecule has 0 aromatic heterocycles. The Morgan fingerprint density at radius 3 is 2.26 bits per heavy atom. The summed E-state index contributed by atoms with van der Waals surface area (Å²) in [5.41, 5.74) is -1.65. The number of aliphatic hydroxyl groups excluding tert-OH is 1. The molecule has 2 spiro atoms. The second kappa shape index (κ2) is 2.92. The van der Waals surface area contributed by atoms with Crippen LogP contribution in [0.2, 0.25) is 0 Å². The molecule has 1 N–H and O–H groups in total. The van der Waals surface area contributed by atoms with E-state index in [4.69, 9.17) is 0 Å². The number of rotatable bonds is 2. The molecule has 5 heteroatoms. The number of halogens is 3. The number of hydrogen-bond donors (Lipinski definition) is 1. The largest absolute Gasteiger partial charge is 0.572 e. The lowest BCUT2D eigenvalue weighted by atomic mass is 9.75. The monoisotopic (exact) mass is 270 g/mol. The van der Waals surface area contributed by atoms with Crippen LogP contribution in [0.25, 0.3) is 0 Å². The highest BCUT2D eigenvalue weighted by atomic mass is 19.4. The van der Waals surface area contributed by atoms with Crippen molar-refractivity contribution in [2.75, 3.05) is 6.61 Å². The molecular weight excluding hydrogens is 257 g/mol. The van der Waals surface area contributed by atoms with Crippen LogP contribution in [0, 0.1) is 22.2 Å². The summed E-state index contributed by atoms with van der Waals surface area (Å²) < 4.78 is 42.0. The Kier molecular flexibility index (Phi) is 1.78. The fraction of sp³-hybridized carbons (Fsp3) is 0.571. The topological polar surface area (TPSA) is 29.5 Å². The molecular formula is C14H13F3O2. The van der Waals surface area contributed by atoms with Gasteiger partial charge in [-0.25, -0.2) is 0 Å². The first-order valence-electron chi connectivity index (χ1n) is 6.37. The van der Waals surface area contributed by atoms with Crippen LogP contribution >= 0.6 is 0 Å². The van der Waals surface area contributed by atoms with Crippen LogP contribution in [0.3, 0.4) is 0 Å². The maximum Gasteiger partial charge on any atom is 0.572 e. The molecule has 0 aromatic carbocycles. The van der Waals surface area contributed by atoms with Gasteiger partial charge in [0.25, 0.3) is 0 Å². The first kappa shape index (κ1) is 11.6. The summed E-state index contributed by atoms with van der Waals surface area (Å²) in [7, 11) is 0. The van der Waals surface area contributed by atoms with E-state index in [0.29, 0.717) is 0 Å². The van der Waals surface area contributed by atoms with Gasteiger partial charge in [0.15, 0.2) is 0 Å². The Balaban J connectivity index is 1.85. The average molecular weight is 270 g/mol. The van der Waals surface area contributed by atoms with Gasteiger partial charge in [0.2, 0.25) is 0 Å². The van der Waals surface area contributed by atoms with E-state index in [9.17, 15) is 18.3 Å². The summed E-state index contributed by atoms with van der Waals surface area (Å²) in [6, 6.07) is 0. The Hall–Kier alpha value is -1.23. The van der Waals surface area contributed by atoms with E-state index in [1.165, 1.54) is 0 Å².